The molecule has 0 nitrogen and oxygen atoms in total. The Morgan fingerprint density at radius 2 is 1.80 bits per heavy atom. The molecule has 2 aromatic rings. The zero-order valence-electron chi connectivity index (χ0n) is 7.74. The van der Waals surface area contributed by atoms with E-state index in [4.69, 9.17) is 11.6 Å². The lowest BCUT2D eigenvalue weighted by atomic mass is 10.2. The van der Waals surface area contributed by atoms with Crippen molar-refractivity contribution in [2.45, 2.75) is 9.10 Å². The molecule has 74 valence electrons. The second kappa shape index (κ2) is 3.71. The van der Waals surface area contributed by atoms with Crippen molar-refractivity contribution in [3.8, 4) is 0 Å². The van der Waals surface area contributed by atoms with E-state index in [0.29, 0.717) is 0 Å². The predicted octanol–water partition coefficient (Wildman–Crippen LogP) is 5.04. The molecule has 0 saturated heterocycles. The molecule has 1 aromatic heterocycles. The van der Waals surface area contributed by atoms with E-state index in [1.165, 1.54) is 20.2 Å². The molecule has 3 rings (SSSR count). The Kier molecular flexibility index (Phi) is 2.35. The van der Waals surface area contributed by atoms with Crippen LogP contribution >= 0.6 is 34.7 Å². The predicted molar refractivity (Wildman–Crippen MR) is 68.8 cm³/mol. The summed E-state index contributed by atoms with van der Waals surface area (Å²) >= 11 is 9.44. The smallest absolute Gasteiger partial charge is 0.0946 e. The van der Waals surface area contributed by atoms with Crippen LogP contribution in [0.2, 0.25) is 4.34 Å². The Morgan fingerprint density at radius 1 is 1.00 bits per heavy atom. The maximum Gasteiger partial charge on any atom is 0.0946 e. The van der Waals surface area contributed by atoms with Crippen molar-refractivity contribution in [1.82, 2.24) is 0 Å². The van der Waals surface area contributed by atoms with Crippen LogP contribution in [0.5, 0.6) is 0 Å². The van der Waals surface area contributed by atoms with Crippen LogP contribution in [-0.2, 0) is 0 Å². The number of fused-ring (bicyclic) bond motifs is 2. The number of rotatable bonds is 0. The third-order valence-corrected chi connectivity index (χ3v) is 4.85. The summed E-state index contributed by atoms with van der Waals surface area (Å²) in [5, 5.41) is 0. The van der Waals surface area contributed by atoms with Gasteiger partial charge in [-0.25, -0.2) is 0 Å². The summed E-state index contributed by atoms with van der Waals surface area (Å²) in [6.45, 7) is 0. The van der Waals surface area contributed by atoms with E-state index < -0.39 is 0 Å². The van der Waals surface area contributed by atoms with Gasteiger partial charge in [0.2, 0.25) is 0 Å². The van der Waals surface area contributed by atoms with Gasteiger partial charge in [0.15, 0.2) is 0 Å². The largest absolute Gasteiger partial charge is 0.116 e. The van der Waals surface area contributed by atoms with Gasteiger partial charge in [-0.2, -0.15) is 0 Å². The third-order valence-electron chi connectivity index (χ3n) is 2.26. The molecule has 1 aromatic carbocycles. The maximum absolute atomic E-state index is 6.00. The molecule has 0 atom stereocenters. The van der Waals surface area contributed by atoms with E-state index in [-0.39, 0.29) is 0 Å². The van der Waals surface area contributed by atoms with Crippen molar-refractivity contribution in [3.05, 3.63) is 45.8 Å². The molecule has 0 fully saturated rings. The highest BCUT2D eigenvalue weighted by Gasteiger charge is 2.12. The highest BCUT2D eigenvalue weighted by atomic mass is 35.5. The first kappa shape index (κ1) is 9.52. The highest BCUT2D eigenvalue weighted by Crippen LogP contribution is 2.43. The summed E-state index contributed by atoms with van der Waals surface area (Å²) in [6.07, 6.45) is 4.29. The highest BCUT2D eigenvalue weighted by molar-refractivity contribution is 8.01. The molecule has 2 heterocycles. The molecule has 0 saturated carbocycles. The average Bonchev–Trinajstić information content (AvgIpc) is 2.49. The molecular weight excluding hydrogens is 244 g/mol. The van der Waals surface area contributed by atoms with Gasteiger partial charge in [0, 0.05) is 10.5 Å². The van der Waals surface area contributed by atoms with Gasteiger partial charge in [-0.3, -0.25) is 0 Å². The summed E-state index contributed by atoms with van der Waals surface area (Å²) in [6, 6.07) is 10.4. The summed E-state index contributed by atoms with van der Waals surface area (Å²) in [5.41, 5.74) is 2.51. The monoisotopic (exact) mass is 250 g/mol. The van der Waals surface area contributed by atoms with Crippen molar-refractivity contribution < 1.29 is 0 Å². The first-order valence-corrected chi connectivity index (χ1v) is 6.58. The number of benzene rings is 1. The van der Waals surface area contributed by atoms with Crippen LogP contribution in [0.1, 0.15) is 11.1 Å². The molecule has 1 aliphatic heterocycles. The van der Waals surface area contributed by atoms with Gasteiger partial charge < -0.3 is 0 Å². The van der Waals surface area contributed by atoms with Crippen molar-refractivity contribution in [2.24, 2.45) is 0 Å². The number of thiophene rings is 1. The number of hydrogen-bond donors (Lipinski definition) is 0. The molecule has 0 aliphatic carbocycles. The second-order valence-corrected chi connectivity index (χ2v) is 6.26. The summed E-state index contributed by atoms with van der Waals surface area (Å²) in [5.74, 6) is 0. The Labute approximate surface area is 102 Å². The lowest BCUT2D eigenvalue weighted by Gasteiger charge is -2.01. The topological polar surface area (TPSA) is 0 Å². The van der Waals surface area contributed by atoms with E-state index in [9.17, 15) is 0 Å². The fourth-order valence-electron chi connectivity index (χ4n) is 1.54. The van der Waals surface area contributed by atoms with Crippen LogP contribution in [0.25, 0.3) is 12.2 Å². The summed E-state index contributed by atoms with van der Waals surface area (Å²) < 4.78 is 2.14. The Hall–Kier alpha value is -0.700. The number of halogens is 1. The van der Waals surface area contributed by atoms with E-state index in [1.807, 2.05) is 6.07 Å². The van der Waals surface area contributed by atoms with E-state index >= 15 is 0 Å². The van der Waals surface area contributed by atoms with Gasteiger partial charge in [0.05, 0.1) is 8.55 Å². The molecule has 3 heteroatoms. The standard InChI is InChI=1S/C12H7ClS2/c13-11-7-9-6-5-8-3-1-2-4-10(8)14-12(9)15-11/h1-7H. The first-order valence-electron chi connectivity index (χ1n) is 4.57. The SMILES string of the molecule is Clc1cc2c(s1)Sc1ccccc1C=C2. The lowest BCUT2D eigenvalue weighted by molar-refractivity contribution is 1.43. The molecule has 0 bridgehead atoms. The molecule has 0 amide bonds. The van der Waals surface area contributed by atoms with E-state index in [0.717, 1.165) is 4.34 Å². The van der Waals surface area contributed by atoms with E-state index in [2.05, 4.69) is 36.4 Å². The lowest BCUT2D eigenvalue weighted by Crippen LogP contribution is -1.74. The fraction of sp³-hybridized carbons (Fsp3) is 0. The Balaban J connectivity index is 2.17. The third kappa shape index (κ3) is 1.73. The van der Waals surface area contributed by atoms with Crippen molar-refractivity contribution in [1.29, 1.82) is 0 Å². The Bertz CT molecular complexity index is 540. The molecule has 15 heavy (non-hydrogen) atoms. The van der Waals surface area contributed by atoms with Crippen LogP contribution in [0.4, 0.5) is 0 Å². The van der Waals surface area contributed by atoms with Crippen LogP contribution in [0.3, 0.4) is 0 Å². The molecule has 1 aliphatic rings. The zero-order chi connectivity index (χ0) is 10.3. The maximum atomic E-state index is 6.00. The zero-order valence-corrected chi connectivity index (χ0v) is 10.1. The molecule has 0 unspecified atom stereocenters. The molecular formula is C12H7ClS2. The summed E-state index contributed by atoms with van der Waals surface area (Å²) in [7, 11) is 0. The first-order chi connectivity index (χ1) is 7.33. The van der Waals surface area contributed by atoms with Crippen LogP contribution in [0.15, 0.2) is 39.4 Å². The van der Waals surface area contributed by atoms with Gasteiger partial charge >= 0.3 is 0 Å². The molecule has 0 radical (unpaired) electrons. The number of hydrogen-bond acceptors (Lipinski definition) is 2. The van der Waals surface area contributed by atoms with Crippen molar-refractivity contribution in [3.63, 3.8) is 0 Å². The fourth-order valence-corrected chi connectivity index (χ4v) is 4.19. The van der Waals surface area contributed by atoms with Gasteiger partial charge in [-0.05, 0) is 17.7 Å². The van der Waals surface area contributed by atoms with Gasteiger partial charge in [0.25, 0.3) is 0 Å². The second-order valence-electron chi connectivity index (χ2n) is 3.27. The van der Waals surface area contributed by atoms with Crippen LogP contribution in [-0.4, -0.2) is 0 Å². The minimum absolute atomic E-state index is 0.858. The normalized spacial score (nSPS) is 13.1. The van der Waals surface area contributed by atoms with Gasteiger partial charge in [-0.1, -0.05) is 53.7 Å². The average molecular weight is 251 g/mol. The molecule has 0 N–H and O–H groups in total. The van der Waals surface area contributed by atoms with Crippen LogP contribution in [0, 0.1) is 0 Å². The van der Waals surface area contributed by atoms with E-state index in [1.54, 1.807) is 23.1 Å². The Morgan fingerprint density at radius 3 is 2.73 bits per heavy atom. The molecule has 0 spiro atoms. The summed E-state index contributed by atoms with van der Waals surface area (Å²) in [4.78, 5) is 1.30. The van der Waals surface area contributed by atoms with Gasteiger partial charge in [0.1, 0.15) is 0 Å². The van der Waals surface area contributed by atoms with Gasteiger partial charge in [-0.15, -0.1) is 11.3 Å². The van der Waals surface area contributed by atoms with Crippen molar-refractivity contribution >= 4 is 46.9 Å². The minimum atomic E-state index is 0.858. The van der Waals surface area contributed by atoms with Crippen molar-refractivity contribution in [2.75, 3.05) is 0 Å². The quantitative estimate of drug-likeness (QED) is 0.539. The minimum Gasteiger partial charge on any atom is -0.116 e. The van der Waals surface area contributed by atoms with Crippen LogP contribution < -0.4 is 0 Å².